The van der Waals surface area contributed by atoms with Crippen LogP contribution in [-0.2, 0) is 10.2 Å². The molecule has 3 N–H and O–H groups in total. The van der Waals surface area contributed by atoms with Gasteiger partial charge in [0.2, 0.25) is 5.91 Å². The molecule has 1 saturated heterocycles. The number of nitrogens with zero attached hydrogens (tertiary/aromatic N) is 3. The number of benzene rings is 1. The maximum absolute atomic E-state index is 12.6. The molecule has 1 atom stereocenters. The van der Waals surface area contributed by atoms with Gasteiger partial charge in [-0.2, -0.15) is 0 Å². The predicted octanol–water partition coefficient (Wildman–Crippen LogP) is 3.45. The summed E-state index contributed by atoms with van der Waals surface area (Å²) in [5, 5.41) is 7.46. The number of aromatic nitrogens is 3. The number of rotatable bonds is 5. The third-order valence-electron chi connectivity index (χ3n) is 5.60. The molecular formula is C23H30N6O. The van der Waals surface area contributed by atoms with Gasteiger partial charge in [-0.3, -0.25) is 4.79 Å². The van der Waals surface area contributed by atoms with Crippen LogP contribution in [0.4, 0.5) is 11.5 Å². The van der Waals surface area contributed by atoms with Crippen LogP contribution in [0.15, 0.2) is 42.9 Å². The molecule has 3 aromatic rings. The van der Waals surface area contributed by atoms with Crippen LogP contribution in [0.5, 0.6) is 0 Å². The number of nitrogens with one attached hydrogen (secondary N) is 3. The standard InChI is InChI=1S/C23H30N6O/c1-23(2,3)16-6-4-7-17(12-16)25-13-20(30)28-18-8-5-11-29(14-18)22-19-9-10-24-21(19)26-15-27-22/h4,6-7,9-10,12,15,18,25H,5,8,11,13-14H2,1-3H3,(H,28,30)(H,24,26,27)/t18-/m1/s1. The Labute approximate surface area is 177 Å². The average molecular weight is 407 g/mol. The number of hydrogen-bond donors (Lipinski definition) is 3. The minimum Gasteiger partial charge on any atom is -0.376 e. The molecule has 3 heterocycles. The molecule has 0 spiro atoms. The third kappa shape index (κ3) is 4.56. The smallest absolute Gasteiger partial charge is 0.239 e. The molecular weight excluding hydrogens is 376 g/mol. The zero-order chi connectivity index (χ0) is 21.1. The van der Waals surface area contributed by atoms with Gasteiger partial charge in [-0.05, 0) is 42.0 Å². The van der Waals surface area contributed by atoms with Gasteiger partial charge < -0.3 is 20.5 Å². The summed E-state index contributed by atoms with van der Waals surface area (Å²) in [6.07, 6.45) is 5.46. The summed E-state index contributed by atoms with van der Waals surface area (Å²) in [7, 11) is 0. The highest BCUT2D eigenvalue weighted by atomic mass is 16.2. The van der Waals surface area contributed by atoms with Crippen molar-refractivity contribution < 1.29 is 4.79 Å². The lowest BCUT2D eigenvalue weighted by Gasteiger charge is -2.34. The monoisotopic (exact) mass is 406 g/mol. The Kier molecular flexibility index (Phi) is 5.61. The molecule has 4 rings (SSSR count). The topological polar surface area (TPSA) is 85.9 Å². The summed E-state index contributed by atoms with van der Waals surface area (Å²) in [5.74, 6) is 0.940. The van der Waals surface area contributed by atoms with E-state index in [9.17, 15) is 4.79 Å². The summed E-state index contributed by atoms with van der Waals surface area (Å²) in [5.41, 5.74) is 3.14. The summed E-state index contributed by atoms with van der Waals surface area (Å²) in [4.78, 5) is 26.7. The summed E-state index contributed by atoms with van der Waals surface area (Å²) in [6, 6.07) is 10.4. The SMILES string of the molecule is CC(C)(C)c1cccc(NCC(=O)N[C@@H]2CCCN(c3ncnc4[nH]ccc34)C2)c1. The molecule has 0 radical (unpaired) electrons. The number of hydrogen-bond acceptors (Lipinski definition) is 5. The average Bonchev–Trinajstić information content (AvgIpc) is 3.21. The summed E-state index contributed by atoms with van der Waals surface area (Å²) < 4.78 is 0. The van der Waals surface area contributed by atoms with Crippen molar-refractivity contribution in [1.82, 2.24) is 20.3 Å². The molecule has 1 fully saturated rings. The van der Waals surface area contributed by atoms with Gasteiger partial charge in [0.15, 0.2) is 0 Å². The van der Waals surface area contributed by atoms with Crippen molar-refractivity contribution in [3.63, 3.8) is 0 Å². The molecule has 0 unspecified atom stereocenters. The first-order valence-corrected chi connectivity index (χ1v) is 10.6. The number of carbonyl (C=O) groups excluding carboxylic acids is 1. The molecule has 30 heavy (non-hydrogen) atoms. The molecule has 1 aliphatic heterocycles. The minimum atomic E-state index is 0.0116. The van der Waals surface area contributed by atoms with Crippen LogP contribution in [0.3, 0.4) is 0 Å². The van der Waals surface area contributed by atoms with Gasteiger partial charge in [-0.1, -0.05) is 32.9 Å². The Hall–Kier alpha value is -3.09. The van der Waals surface area contributed by atoms with E-state index >= 15 is 0 Å². The molecule has 158 valence electrons. The minimum absolute atomic E-state index is 0.0116. The van der Waals surface area contributed by atoms with Gasteiger partial charge in [-0.15, -0.1) is 0 Å². The van der Waals surface area contributed by atoms with Crippen molar-refractivity contribution in [2.24, 2.45) is 0 Å². The number of anilines is 2. The van der Waals surface area contributed by atoms with Gasteiger partial charge in [0.1, 0.15) is 17.8 Å². The fourth-order valence-electron chi connectivity index (χ4n) is 3.95. The van der Waals surface area contributed by atoms with Gasteiger partial charge in [-0.25, -0.2) is 9.97 Å². The molecule has 1 aliphatic rings. The molecule has 0 aliphatic carbocycles. The first-order chi connectivity index (χ1) is 14.4. The Balaban J connectivity index is 1.34. The van der Waals surface area contributed by atoms with Crippen molar-refractivity contribution in [3.05, 3.63) is 48.4 Å². The number of fused-ring (bicyclic) bond motifs is 1. The van der Waals surface area contributed by atoms with Crippen molar-refractivity contribution >= 4 is 28.4 Å². The second kappa shape index (κ2) is 8.34. The third-order valence-corrected chi connectivity index (χ3v) is 5.60. The summed E-state index contributed by atoms with van der Waals surface area (Å²) >= 11 is 0. The molecule has 1 amide bonds. The highest BCUT2D eigenvalue weighted by Crippen LogP contribution is 2.26. The van der Waals surface area contributed by atoms with Crippen LogP contribution in [0, 0.1) is 0 Å². The molecule has 0 bridgehead atoms. The Morgan fingerprint density at radius 2 is 2.13 bits per heavy atom. The van der Waals surface area contributed by atoms with Crippen molar-refractivity contribution in [2.45, 2.75) is 45.1 Å². The maximum Gasteiger partial charge on any atom is 0.239 e. The first kappa shape index (κ1) is 20.2. The van der Waals surface area contributed by atoms with E-state index in [2.05, 4.69) is 63.4 Å². The molecule has 2 aromatic heterocycles. The highest BCUT2D eigenvalue weighted by Gasteiger charge is 2.24. The van der Waals surface area contributed by atoms with Gasteiger partial charge in [0, 0.05) is 31.0 Å². The van der Waals surface area contributed by atoms with Crippen molar-refractivity contribution in [3.8, 4) is 0 Å². The van der Waals surface area contributed by atoms with Crippen LogP contribution in [0.2, 0.25) is 0 Å². The number of carbonyl (C=O) groups is 1. The lowest BCUT2D eigenvalue weighted by Crippen LogP contribution is -2.49. The largest absolute Gasteiger partial charge is 0.376 e. The van der Waals surface area contributed by atoms with Crippen molar-refractivity contribution in [2.75, 3.05) is 29.9 Å². The van der Waals surface area contributed by atoms with Crippen molar-refractivity contribution in [1.29, 1.82) is 0 Å². The number of amides is 1. The van der Waals surface area contributed by atoms with E-state index in [1.807, 2.05) is 24.4 Å². The number of piperidine rings is 1. The van der Waals surface area contributed by atoms with Gasteiger partial charge >= 0.3 is 0 Å². The zero-order valence-electron chi connectivity index (χ0n) is 17.9. The van der Waals surface area contributed by atoms with E-state index in [0.717, 1.165) is 48.5 Å². The Morgan fingerprint density at radius 3 is 2.97 bits per heavy atom. The molecule has 0 saturated carbocycles. The fraction of sp³-hybridized carbons (Fsp3) is 0.435. The van der Waals surface area contributed by atoms with E-state index < -0.39 is 0 Å². The van der Waals surface area contributed by atoms with Crippen LogP contribution in [-0.4, -0.2) is 46.5 Å². The van der Waals surface area contributed by atoms with E-state index in [1.165, 1.54) is 5.56 Å². The lowest BCUT2D eigenvalue weighted by molar-refractivity contribution is -0.120. The second-order valence-corrected chi connectivity index (χ2v) is 8.97. The number of H-pyrrole nitrogens is 1. The summed E-state index contributed by atoms with van der Waals surface area (Å²) in [6.45, 7) is 8.51. The van der Waals surface area contributed by atoms with Crippen LogP contribution in [0.25, 0.3) is 11.0 Å². The van der Waals surface area contributed by atoms with Crippen LogP contribution in [0.1, 0.15) is 39.2 Å². The van der Waals surface area contributed by atoms with Gasteiger partial charge in [0.25, 0.3) is 0 Å². The number of aromatic amines is 1. The fourth-order valence-corrected chi connectivity index (χ4v) is 3.95. The quantitative estimate of drug-likeness (QED) is 0.604. The first-order valence-electron chi connectivity index (χ1n) is 10.6. The Bertz CT molecular complexity index is 1020. The van der Waals surface area contributed by atoms with E-state index in [1.54, 1.807) is 6.33 Å². The maximum atomic E-state index is 12.6. The molecule has 7 heteroatoms. The van der Waals surface area contributed by atoms with Crippen LogP contribution < -0.4 is 15.5 Å². The lowest BCUT2D eigenvalue weighted by atomic mass is 9.87. The normalized spacial score (nSPS) is 17.2. The van der Waals surface area contributed by atoms with Crippen LogP contribution >= 0.6 is 0 Å². The Morgan fingerprint density at radius 1 is 1.27 bits per heavy atom. The predicted molar refractivity (Wildman–Crippen MR) is 121 cm³/mol. The molecule has 7 nitrogen and oxygen atoms in total. The van der Waals surface area contributed by atoms with E-state index in [-0.39, 0.29) is 23.9 Å². The highest BCUT2D eigenvalue weighted by molar-refractivity contribution is 5.87. The van der Waals surface area contributed by atoms with Gasteiger partial charge in [0.05, 0.1) is 11.9 Å². The van der Waals surface area contributed by atoms with E-state index in [4.69, 9.17) is 0 Å². The second-order valence-electron chi connectivity index (χ2n) is 8.97. The zero-order valence-corrected chi connectivity index (χ0v) is 17.9. The molecule has 1 aromatic carbocycles. The van der Waals surface area contributed by atoms with E-state index in [0.29, 0.717) is 0 Å².